The Hall–Kier alpha value is -2.34. The first-order valence-corrected chi connectivity index (χ1v) is 6.05. The van der Waals surface area contributed by atoms with Crippen LogP contribution in [-0.4, -0.2) is 26.4 Å². The molecule has 1 aliphatic rings. The molecular weight excluding hydrogens is 265 g/mol. The number of pyridine rings is 1. The number of aliphatic hydroxyl groups is 1. The number of phenols is 2. The number of aromatic hydroxyl groups is 2. The average Bonchev–Trinajstić information content (AvgIpc) is 2.40. The van der Waals surface area contributed by atoms with Crippen LogP contribution in [0.3, 0.4) is 0 Å². The summed E-state index contributed by atoms with van der Waals surface area (Å²) in [4.78, 5) is 3.89. The average molecular weight is 277 g/mol. The van der Waals surface area contributed by atoms with E-state index >= 15 is 0 Å². The number of hydrogen-bond donors (Lipinski definition) is 3. The van der Waals surface area contributed by atoms with Gasteiger partial charge in [-0.15, -0.1) is 0 Å². The number of phenolic OH excluding ortho intramolecular Hbond substituents is 2. The van der Waals surface area contributed by atoms with Crippen LogP contribution in [0.2, 0.25) is 0 Å². The number of aliphatic hydroxyl groups excluding tert-OH is 1. The van der Waals surface area contributed by atoms with Gasteiger partial charge in [0.1, 0.15) is 29.2 Å². The number of halogens is 1. The van der Waals surface area contributed by atoms with E-state index in [9.17, 15) is 19.7 Å². The molecule has 6 heteroatoms. The van der Waals surface area contributed by atoms with Crippen LogP contribution in [0.15, 0.2) is 30.5 Å². The number of benzene rings is 1. The quantitative estimate of drug-likeness (QED) is 0.738. The van der Waals surface area contributed by atoms with Gasteiger partial charge in [0.2, 0.25) is 0 Å². The SMILES string of the molecule is Oc1cc(O)c2c(c1)O[C@@H](c1ccc(F)cn1)[C@@H](O)C2. The van der Waals surface area contributed by atoms with E-state index in [2.05, 4.69) is 4.98 Å². The van der Waals surface area contributed by atoms with Crippen molar-refractivity contribution in [3.63, 3.8) is 0 Å². The number of nitrogens with zero attached hydrogens (tertiary/aromatic N) is 1. The van der Waals surface area contributed by atoms with Crippen LogP contribution in [0, 0.1) is 5.82 Å². The normalized spacial score (nSPS) is 21.1. The van der Waals surface area contributed by atoms with Crippen molar-refractivity contribution in [2.45, 2.75) is 18.6 Å². The van der Waals surface area contributed by atoms with Gasteiger partial charge in [0.15, 0.2) is 6.10 Å². The van der Waals surface area contributed by atoms with Gasteiger partial charge >= 0.3 is 0 Å². The molecule has 2 aromatic rings. The zero-order valence-corrected chi connectivity index (χ0v) is 10.3. The molecule has 0 bridgehead atoms. The van der Waals surface area contributed by atoms with Gasteiger partial charge in [-0.1, -0.05) is 0 Å². The zero-order valence-electron chi connectivity index (χ0n) is 10.3. The van der Waals surface area contributed by atoms with Gasteiger partial charge in [-0.25, -0.2) is 4.39 Å². The van der Waals surface area contributed by atoms with Crippen LogP contribution in [0.4, 0.5) is 4.39 Å². The maximum atomic E-state index is 12.9. The van der Waals surface area contributed by atoms with Crippen molar-refractivity contribution in [3.05, 3.63) is 47.5 Å². The van der Waals surface area contributed by atoms with Crippen LogP contribution < -0.4 is 4.74 Å². The maximum Gasteiger partial charge on any atom is 0.167 e. The van der Waals surface area contributed by atoms with Crippen molar-refractivity contribution in [2.24, 2.45) is 0 Å². The lowest BCUT2D eigenvalue weighted by atomic mass is 9.96. The molecule has 2 atom stereocenters. The topological polar surface area (TPSA) is 82.8 Å². The first-order chi connectivity index (χ1) is 9.54. The molecule has 0 unspecified atom stereocenters. The lowest BCUT2D eigenvalue weighted by molar-refractivity contribution is 0.0173. The Bertz CT molecular complexity index is 644. The highest BCUT2D eigenvalue weighted by atomic mass is 19.1. The van der Waals surface area contributed by atoms with Crippen LogP contribution in [0.1, 0.15) is 17.4 Å². The van der Waals surface area contributed by atoms with Gasteiger partial charge in [-0.2, -0.15) is 0 Å². The first-order valence-electron chi connectivity index (χ1n) is 6.05. The first kappa shape index (κ1) is 12.7. The Morgan fingerprint density at radius 2 is 2.05 bits per heavy atom. The Morgan fingerprint density at radius 3 is 2.75 bits per heavy atom. The van der Waals surface area contributed by atoms with Crippen LogP contribution in [0.5, 0.6) is 17.2 Å². The minimum absolute atomic E-state index is 0.135. The second-order valence-corrected chi connectivity index (χ2v) is 4.65. The van der Waals surface area contributed by atoms with E-state index in [-0.39, 0.29) is 23.7 Å². The lowest BCUT2D eigenvalue weighted by Crippen LogP contribution is -2.31. The van der Waals surface area contributed by atoms with Crippen molar-refractivity contribution in [1.82, 2.24) is 4.98 Å². The van der Waals surface area contributed by atoms with Crippen LogP contribution in [0.25, 0.3) is 0 Å². The van der Waals surface area contributed by atoms with E-state index in [1.54, 1.807) is 0 Å². The van der Waals surface area contributed by atoms with Crippen molar-refractivity contribution < 1.29 is 24.4 Å². The highest BCUT2D eigenvalue weighted by molar-refractivity contribution is 5.51. The number of ether oxygens (including phenoxy) is 1. The Labute approximate surface area is 113 Å². The highest BCUT2D eigenvalue weighted by Crippen LogP contribution is 2.41. The third kappa shape index (κ3) is 2.14. The molecule has 20 heavy (non-hydrogen) atoms. The molecule has 1 aliphatic heterocycles. The highest BCUT2D eigenvalue weighted by Gasteiger charge is 2.32. The van der Waals surface area contributed by atoms with Crippen molar-refractivity contribution in [3.8, 4) is 17.2 Å². The number of rotatable bonds is 1. The monoisotopic (exact) mass is 277 g/mol. The number of aromatic nitrogens is 1. The summed E-state index contributed by atoms with van der Waals surface area (Å²) in [6, 6.07) is 5.20. The third-order valence-corrected chi connectivity index (χ3v) is 3.23. The van der Waals surface area contributed by atoms with E-state index in [4.69, 9.17) is 4.74 Å². The maximum absolute atomic E-state index is 12.9. The predicted molar refractivity (Wildman–Crippen MR) is 67.0 cm³/mol. The fraction of sp³-hybridized carbons (Fsp3) is 0.214. The summed E-state index contributed by atoms with van der Waals surface area (Å²) in [5.41, 5.74) is 0.807. The minimum atomic E-state index is -0.920. The van der Waals surface area contributed by atoms with Gasteiger partial charge in [0.25, 0.3) is 0 Å². The van der Waals surface area contributed by atoms with E-state index in [1.165, 1.54) is 24.3 Å². The predicted octanol–water partition coefficient (Wildman–Crippen LogP) is 1.67. The number of fused-ring (bicyclic) bond motifs is 1. The van der Waals surface area contributed by atoms with E-state index in [0.717, 1.165) is 6.20 Å². The van der Waals surface area contributed by atoms with Crippen LogP contribution >= 0.6 is 0 Å². The molecular formula is C14H12FNO4. The molecule has 104 valence electrons. The molecule has 0 amide bonds. The summed E-state index contributed by atoms with van der Waals surface area (Å²) in [6.45, 7) is 0. The summed E-state index contributed by atoms with van der Waals surface area (Å²) < 4.78 is 18.4. The lowest BCUT2D eigenvalue weighted by Gasteiger charge is -2.30. The summed E-state index contributed by atoms with van der Waals surface area (Å²) in [7, 11) is 0. The van der Waals surface area contributed by atoms with Crippen molar-refractivity contribution in [2.75, 3.05) is 0 Å². The molecule has 3 rings (SSSR count). The molecule has 0 saturated heterocycles. The van der Waals surface area contributed by atoms with Gasteiger partial charge in [0.05, 0.1) is 11.9 Å². The molecule has 0 saturated carbocycles. The Kier molecular flexibility index (Phi) is 2.94. The second kappa shape index (κ2) is 4.64. The van der Waals surface area contributed by atoms with E-state index < -0.39 is 18.0 Å². The van der Waals surface area contributed by atoms with Crippen molar-refractivity contribution in [1.29, 1.82) is 0 Å². The largest absolute Gasteiger partial charge is 0.508 e. The Balaban J connectivity index is 1.98. The third-order valence-electron chi connectivity index (χ3n) is 3.23. The zero-order chi connectivity index (χ0) is 14.3. The van der Waals surface area contributed by atoms with Gasteiger partial charge in [0, 0.05) is 24.1 Å². The van der Waals surface area contributed by atoms with E-state index in [1.807, 2.05) is 0 Å². The summed E-state index contributed by atoms with van der Waals surface area (Å²) in [5.74, 6) is -0.466. The molecule has 0 fully saturated rings. The molecule has 0 aliphatic carbocycles. The summed E-state index contributed by atoms with van der Waals surface area (Å²) >= 11 is 0. The molecule has 1 aromatic heterocycles. The molecule has 3 N–H and O–H groups in total. The Morgan fingerprint density at radius 1 is 1.25 bits per heavy atom. The van der Waals surface area contributed by atoms with Gasteiger partial charge in [-0.3, -0.25) is 4.98 Å². The van der Waals surface area contributed by atoms with Crippen molar-refractivity contribution >= 4 is 0 Å². The standard InChI is InChI=1S/C14H12FNO4/c15-7-1-2-10(16-6-7)14-12(19)5-9-11(18)3-8(17)4-13(9)20-14/h1-4,6,12,14,17-19H,5H2/t12-,14-/m0/s1. The molecule has 2 heterocycles. The second-order valence-electron chi connectivity index (χ2n) is 4.65. The van der Waals surface area contributed by atoms with E-state index in [0.29, 0.717) is 11.3 Å². The fourth-order valence-corrected chi connectivity index (χ4v) is 2.27. The summed E-state index contributed by atoms with van der Waals surface area (Å²) in [6.07, 6.45) is -0.494. The number of hydrogen-bond acceptors (Lipinski definition) is 5. The van der Waals surface area contributed by atoms with Crippen LogP contribution in [-0.2, 0) is 6.42 Å². The van der Waals surface area contributed by atoms with Gasteiger partial charge < -0.3 is 20.1 Å². The molecule has 5 nitrogen and oxygen atoms in total. The fourth-order valence-electron chi connectivity index (χ4n) is 2.27. The molecule has 0 spiro atoms. The minimum Gasteiger partial charge on any atom is -0.508 e. The molecule has 0 radical (unpaired) electrons. The summed E-state index contributed by atoms with van der Waals surface area (Å²) in [5, 5.41) is 29.3. The molecule has 1 aromatic carbocycles. The van der Waals surface area contributed by atoms with Gasteiger partial charge in [-0.05, 0) is 12.1 Å². The smallest absolute Gasteiger partial charge is 0.167 e.